The molecule has 1 saturated carbocycles. The van der Waals surface area contributed by atoms with Crippen LogP contribution in [0, 0.1) is 5.92 Å². The van der Waals surface area contributed by atoms with Gasteiger partial charge in [-0.3, -0.25) is 9.20 Å². The van der Waals surface area contributed by atoms with Crippen LogP contribution < -0.4 is 5.32 Å². The molecular weight excluding hydrogens is 449 g/mol. The van der Waals surface area contributed by atoms with Crippen molar-refractivity contribution in [2.24, 2.45) is 10.9 Å². The topological polar surface area (TPSA) is 53.9 Å². The zero-order chi connectivity index (χ0) is 17.2. The molecule has 1 N–H and O–H groups in total. The Morgan fingerprint density at radius 1 is 1.36 bits per heavy atom. The van der Waals surface area contributed by atoms with Crippen LogP contribution in [-0.4, -0.2) is 61.2 Å². The molecule has 5 nitrogen and oxygen atoms in total. The molecule has 0 saturated heterocycles. The van der Waals surface area contributed by atoms with E-state index < -0.39 is 10.8 Å². The molecule has 25 heavy (non-hydrogen) atoms. The summed E-state index contributed by atoms with van der Waals surface area (Å²) >= 11 is 0. The lowest BCUT2D eigenvalue weighted by atomic mass is 10.2. The second-order valence-electron chi connectivity index (χ2n) is 6.19. The Bertz CT molecular complexity index is 538. The van der Waals surface area contributed by atoms with Crippen molar-refractivity contribution in [3.8, 4) is 0 Å². The van der Waals surface area contributed by atoms with Crippen molar-refractivity contribution < 1.29 is 8.95 Å². The predicted molar refractivity (Wildman–Crippen MR) is 116 cm³/mol. The van der Waals surface area contributed by atoms with E-state index >= 15 is 0 Å². The maximum atomic E-state index is 12.1. The van der Waals surface area contributed by atoms with Gasteiger partial charge in [0.25, 0.3) is 0 Å². The number of hydrogen-bond acceptors (Lipinski definition) is 3. The molecule has 0 radical (unpaired) electrons. The second kappa shape index (κ2) is 12.6. The first-order valence-corrected chi connectivity index (χ1v) is 10.1. The monoisotopic (exact) mass is 479 g/mol. The van der Waals surface area contributed by atoms with Gasteiger partial charge in [-0.1, -0.05) is 30.3 Å². The highest BCUT2D eigenvalue weighted by Gasteiger charge is 2.21. The van der Waals surface area contributed by atoms with Gasteiger partial charge in [-0.25, -0.2) is 0 Å². The molecule has 0 amide bonds. The highest BCUT2D eigenvalue weighted by atomic mass is 127. The van der Waals surface area contributed by atoms with E-state index in [1.54, 1.807) is 7.05 Å². The Kier molecular flexibility index (Phi) is 11.3. The highest BCUT2D eigenvalue weighted by molar-refractivity contribution is 14.0. The first kappa shape index (κ1) is 22.4. The highest BCUT2D eigenvalue weighted by Crippen LogP contribution is 2.28. The van der Waals surface area contributed by atoms with E-state index in [0.29, 0.717) is 24.7 Å². The molecule has 1 atom stereocenters. The molecule has 0 aliphatic heterocycles. The number of hydrogen-bond donors (Lipinski definition) is 1. The van der Waals surface area contributed by atoms with Crippen molar-refractivity contribution in [1.29, 1.82) is 0 Å². The quantitative estimate of drug-likeness (QED) is 0.243. The Hall–Kier alpha value is -0.670. The summed E-state index contributed by atoms with van der Waals surface area (Å²) in [7, 11) is 2.90. The number of likely N-dealkylation sites (N-methyl/N-ethyl adjacent to an activating group) is 1. The molecular formula is C18H30IN3O2S. The number of halogens is 1. The average molecular weight is 479 g/mol. The maximum Gasteiger partial charge on any atom is 0.193 e. The summed E-state index contributed by atoms with van der Waals surface area (Å²) in [5.74, 6) is 2.83. The molecule has 1 aliphatic carbocycles. The minimum atomic E-state index is -0.868. The van der Waals surface area contributed by atoms with Gasteiger partial charge in [-0.15, -0.1) is 24.0 Å². The van der Waals surface area contributed by atoms with Crippen LogP contribution >= 0.6 is 24.0 Å². The minimum absolute atomic E-state index is 0. The largest absolute Gasteiger partial charge is 0.379 e. The summed E-state index contributed by atoms with van der Waals surface area (Å²) in [6.07, 6.45) is 2.64. The molecule has 1 unspecified atom stereocenters. The SMILES string of the molecule is CN=C(NCCS(=O)Cc1ccccc1)N(C)CCOCC1CC1.I. The molecule has 1 aliphatic rings. The normalized spacial score (nSPS) is 15.4. The lowest BCUT2D eigenvalue weighted by molar-refractivity contribution is 0.115. The van der Waals surface area contributed by atoms with Gasteiger partial charge >= 0.3 is 0 Å². The van der Waals surface area contributed by atoms with Gasteiger partial charge < -0.3 is 15.0 Å². The number of aliphatic imine (C=N–C) groups is 1. The summed E-state index contributed by atoms with van der Waals surface area (Å²) in [4.78, 5) is 6.32. The van der Waals surface area contributed by atoms with E-state index in [1.807, 2.05) is 42.3 Å². The number of guanidine groups is 1. The van der Waals surface area contributed by atoms with Crippen molar-refractivity contribution >= 4 is 40.7 Å². The Morgan fingerprint density at radius 3 is 2.72 bits per heavy atom. The third-order valence-corrected chi connectivity index (χ3v) is 5.29. The number of nitrogens with zero attached hydrogens (tertiary/aromatic N) is 2. The smallest absolute Gasteiger partial charge is 0.193 e. The zero-order valence-electron chi connectivity index (χ0n) is 15.1. The van der Waals surface area contributed by atoms with Gasteiger partial charge in [0.15, 0.2) is 5.96 Å². The van der Waals surface area contributed by atoms with Gasteiger partial charge in [0.1, 0.15) is 0 Å². The fourth-order valence-corrected chi connectivity index (χ4v) is 3.37. The molecule has 1 aromatic carbocycles. The Morgan fingerprint density at radius 2 is 2.08 bits per heavy atom. The molecule has 0 aromatic heterocycles. The molecule has 2 rings (SSSR count). The van der Waals surface area contributed by atoms with Crippen molar-refractivity contribution in [1.82, 2.24) is 10.2 Å². The van der Waals surface area contributed by atoms with E-state index in [4.69, 9.17) is 4.74 Å². The summed E-state index contributed by atoms with van der Waals surface area (Å²) in [6, 6.07) is 9.96. The van der Waals surface area contributed by atoms with Crippen molar-refractivity contribution in [3.63, 3.8) is 0 Å². The van der Waals surface area contributed by atoms with E-state index in [9.17, 15) is 4.21 Å². The lowest BCUT2D eigenvalue weighted by Gasteiger charge is -2.22. The number of benzene rings is 1. The van der Waals surface area contributed by atoms with E-state index in [-0.39, 0.29) is 24.0 Å². The fraction of sp³-hybridized carbons (Fsp3) is 0.611. The van der Waals surface area contributed by atoms with Crippen molar-refractivity contribution in [2.45, 2.75) is 18.6 Å². The molecule has 0 spiro atoms. The van der Waals surface area contributed by atoms with Crippen molar-refractivity contribution in [2.75, 3.05) is 46.2 Å². The van der Waals surface area contributed by atoms with Crippen LogP contribution in [0.4, 0.5) is 0 Å². The average Bonchev–Trinajstić information content (AvgIpc) is 3.40. The van der Waals surface area contributed by atoms with Gasteiger partial charge in [-0.2, -0.15) is 0 Å². The van der Waals surface area contributed by atoms with Crippen LogP contribution in [0.2, 0.25) is 0 Å². The van der Waals surface area contributed by atoms with Crippen LogP contribution in [-0.2, 0) is 21.3 Å². The van der Waals surface area contributed by atoms with Crippen LogP contribution in [0.25, 0.3) is 0 Å². The third kappa shape index (κ3) is 9.55. The van der Waals surface area contributed by atoms with Crippen molar-refractivity contribution in [3.05, 3.63) is 35.9 Å². The molecule has 7 heteroatoms. The fourth-order valence-electron chi connectivity index (χ4n) is 2.34. The summed E-state index contributed by atoms with van der Waals surface area (Å²) in [5, 5.41) is 3.28. The standard InChI is InChI=1S/C18H29N3O2S.HI/c1-19-18(21(2)11-12-23-14-16-8-9-16)20-10-13-24(22)15-17-6-4-3-5-7-17;/h3-7,16H,8-15H2,1-2H3,(H,19,20);1H. The van der Waals surface area contributed by atoms with Crippen LogP contribution in [0.5, 0.6) is 0 Å². The molecule has 142 valence electrons. The second-order valence-corrected chi connectivity index (χ2v) is 7.76. The molecule has 1 aromatic rings. The summed E-state index contributed by atoms with van der Waals surface area (Å²) < 4.78 is 17.8. The van der Waals surface area contributed by atoms with E-state index in [1.165, 1.54) is 12.8 Å². The van der Waals surface area contributed by atoms with Gasteiger partial charge in [0.2, 0.25) is 0 Å². The number of ether oxygens (including phenoxy) is 1. The molecule has 0 heterocycles. The zero-order valence-corrected chi connectivity index (χ0v) is 18.3. The predicted octanol–water partition coefficient (Wildman–Crippen LogP) is 2.49. The minimum Gasteiger partial charge on any atom is -0.379 e. The third-order valence-electron chi connectivity index (χ3n) is 3.98. The number of rotatable bonds is 10. The van der Waals surface area contributed by atoms with Crippen LogP contribution in [0.1, 0.15) is 18.4 Å². The lowest BCUT2D eigenvalue weighted by Crippen LogP contribution is -2.42. The van der Waals surface area contributed by atoms with Gasteiger partial charge in [0.05, 0.1) is 6.61 Å². The van der Waals surface area contributed by atoms with E-state index in [0.717, 1.165) is 30.6 Å². The Labute approximate surface area is 171 Å². The van der Waals surface area contributed by atoms with Crippen LogP contribution in [0.3, 0.4) is 0 Å². The van der Waals surface area contributed by atoms with Crippen LogP contribution in [0.15, 0.2) is 35.3 Å². The summed E-state index contributed by atoms with van der Waals surface area (Å²) in [6.45, 7) is 3.06. The molecule has 1 fully saturated rings. The molecule has 0 bridgehead atoms. The number of nitrogens with one attached hydrogen (secondary N) is 1. The Balaban J connectivity index is 0.00000312. The van der Waals surface area contributed by atoms with Gasteiger partial charge in [-0.05, 0) is 24.3 Å². The summed E-state index contributed by atoms with van der Waals surface area (Å²) in [5.41, 5.74) is 1.12. The maximum absolute atomic E-state index is 12.1. The first-order chi connectivity index (χ1) is 11.7. The van der Waals surface area contributed by atoms with E-state index in [2.05, 4.69) is 10.3 Å². The van der Waals surface area contributed by atoms with Gasteiger partial charge in [0, 0.05) is 56.1 Å². The first-order valence-electron chi connectivity index (χ1n) is 8.57.